The number of alkyl halides is 2. The van der Waals surface area contributed by atoms with Crippen LogP contribution in [0.3, 0.4) is 0 Å². The molecule has 162 valence electrons. The van der Waals surface area contributed by atoms with Gasteiger partial charge in [0, 0.05) is 12.2 Å². The van der Waals surface area contributed by atoms with Crippen molar-refractivity contribution in [1.29, 1.82) is 0 Å². The van der Waals surface area contributed by atoms with Crippen LogP contribution in [0.15, 0.2) is 98.1 Å². The molecular formula is C25H18F2O5. The smallest absolute Gasteiger partial charge is 0.426 e. The van der Waals surface area contributed by atoms with E-state index in [9.17, 15) is 18.4 Å². The number of rotatable bonds is 8. The summed E-state index contributed by atoms with van der Waals surface area (Å²) in [6, 6.07) is 17.4. The van der Waals surface area contributed by atoms with Crippen LogP contribution in [-0.2, 0) is 15.7 Å². The first-order valence-corrected chi connectivity index (χ1v) is 9.37. The van der Waals surface area contributed by atoms with Gasteiger partial charge in [-0.3, -0.25) is 0 Å². The summed E-state index contributed by atoms with van der Waals surface area (Å²) in [7, 11) is 0. The van der Waals surface area contributed by atoms with Gasteiger partial charge in [0.05, 0.1) is 5.56 Å². The Kier molecular flexibility index (Phi) is 6.80. The molecule has 0 aromatic heterocycles. The van der Waals surface area contributed by atoms with Crippen molar-refractivity contribution in [3.63, 3.8) is 0 Å². The monoisotopic (exact) mass is 436 g/mol. The van der Waals surface area contributed by atoms with E-state index in [4.69, 9.17) is 14.2 Å². The second-order valence-electron chi connectivity index (χ2n) is 6.44. The highest BCUT2D eigenvalue weighted by molar-refractivity contribution is 5.83. The molecule has 0 aliphatic carbocycles. The van der Waals surface area contributed by atoms with Gasteiger partial charge in [-0.15, -0.1) is 0 Å². The van der Waals surface area contributed by atoms with Crippen molar-refractivity contribution in [2.75, 3.05) is 0 Å². The highest BCUT2D eigenvalue weighted by atomic mass is 19.3. The van der Waals surface area contributed by atoms with Crippen molar-refractivity contribution < 1.29 is 32.6 Å². The van der Waals surface area contributed by atoms with Crippen LogP contribution in [0.2, 0.25) is 0 Å². The first kappa shape index (κ1) is 22.4. The normalized spacial score (nSPS) is 10.7. The molecule has 3 rings (SSSR count). The number of carbonyl (C=O) groups excluding carboxylic acids is 2. The number of hydrogen-bond acceptors (Lipinski definition) is 5. The van der Waals surface area contributed by atoms with Gasteiger partial charge in [0.1, 0.15) is 17.2 Å². The third kappa shape index (κ3) is 5.66. The van der Waals surface area contributed by atoms with Gasteiger partial charge in [-0.25, -0.2) is 9.59 Å². The molecule has 32 heavy (non-hydrogen) atoms. The number of hydrogen-bond donors (Lipinski definition) is 0. The molecule has 0 aliphatic heterocycles. The van der Waals surface area contributed by atoms with Crippen molar-refractivity contribution in [2.24, 2.45) is 0 Å². The van der Waals surface area contributed by atoms with Crippen LogP contribution in [0.4, 0.5) is 8.78 Å². The van der Waals surface area contributed by atoms with Crippen LogP contribution in [0.5, 0.6) is 17.2 Å². The van der Waals surface area contributed by atoms with E-state index in [-0.39, 0.29) is 17.1 Å². The van der Waals surface area contributed by atoms with Gasteiger partial charge in [0.15, 0.2) is 0 Å². The van der Waals surface area contributed by atoms with Crippen molar-refractivity contribution in [3.05, 3.63) is 104 Å². The standard InChI is InChI=1S/C25H18F2O5/c1-3-23(28)30-20-11-7-18(8-12-20)17-5-9-19(10-6-17)25(26,27)32-22-15-13-21(14-16-22)31-24(29)4-2/h3-16H,1-2H2. The van der Waals surface area contributed by atoms with Crippen LogP contribution >= 0.6 is 0 Å². The van der Waals surface area contributed by atoms with E-state index in [1.54, 1.807) is 24.3 Å². The highest BCUT2D eigenvalue weighted by Gasteiger charge is 2.34. The molecule has 5 nitrogen and oxygen atoms in total. The fraction of sp³-hybridized carbons (Fsp3) is 0.0400. The van der Waals surface area contributed by atoms with Gasteiger partial charge >= 0.3 is 18.0 Å². The van der Waals surface area contributed by atoms with Gasteiger partial charge < -0.3 is 14.2 Å². The summed E-state index contributed by atoms with van der Waals surface area (Å²) in [5.74, 6) is -0.795. The first-order valence-electron chi connectivity index (χ1n) is 9.37. The summed E-state index contributed by atoms with van der Waals surface area (Å²) < 4.78 is 43.9. The van der Waals surface area contributed by atoms with Gasteiger partial charge in [0.25, 0.3) is 0 Å². The zero-order chi connectivity index (χ0) is 23.1. The average molecular weight is 436 g/mol. The van der Waals surface area contributed by atoms with Gasteiger partial charge in [-0.2, -0.15) is 8.78 Å². The Bertz CT molecular complexity index is 1120. The SMILES string of the molecule is C=CC(=O)Oc1ccc(OC(F)(F)c2ccc(-c3ccc(OC(=O)C=C)cc3)cc2)cc1. The van der Waals surface area contributed by atoms with E-state index in [0.29, 0.717) is 11.3 Å². The summed E-state index contributed by atoms with van der Waals surface area (Å²) >= 11 is 0. The minimum absolute atomic E-state index is 0.0952. The summed E-state index contributed by atoms with van der Waals surface area (Å²) in [4.78, 5) is 22.4. The fourth-order valence-corrected chi connectivity index (χ4v) is 2.67. The molecule has 0 fully saturated rings. The summed E-state index contributed by atoms with van der Waals surface area (Å²) in [5, 5.41) is 0. The molecule has 0 aliphatic rings. The van der Waals surface area contributed by atoms with Crippen LogP contribution in [0, 0.1) is 0 Å². The van der Waals surface area contributed by atoms with E-state index in [0.717, 1.165) is 17.7 Å². The lowest BCUT2D eigenvalue weighted by atomic mass is 10.0. The number of esters is 2. The number of carbonyl (C=O) groups is 2. The van der Waals surface area contributed by atoms with Crippen molar-refractivity contribution in [3.8, 4) is 28.4 Å². The van der Waals surface area contributed by atoms with Gasteiger partial charge in [-0.05, 0) is 59.7 Å². The summed E-state index contributed by atoms with van der Waals surface area (Å²) in [6.07, 6.45) is -1.53. The number of halogens is 2. The fourth-order valence-electron chi connectivity index (χ4n) is 2.67. The Labute approximate surface area is 183 Å². The van der Waals surface area contributed by atoms with Crippen LogP contribution in [0.1, 0.15) is 5.56 Å². The third-order valence-electron chi connectivity index (χ3n) is 4.25. The Hall–Kier alpha value is -4.26. The third-order valence-corrected chi connectivity index (χ3v) is 4.25. The van der Waals surface area contributed by atoms with E-state index in [2.05, 4.69) is 13.2 Å². The Morgan fingerprint density at radius 1 is 0.656 bits per heavy atom. The molecule has 3 aromatic rings. The number of benzene rings is 3. The average Bonchev–Trinajstić information content (AvgIpc) is 2.80. The predicted octanol–water partition coefficient (Wildman–Crippen LogP) is 5.66. The molecule has 0 saturated carbocycles. The summed E-state index contributed by atoms with van der Waals surface area (Å²) in [5.41, 5.74) is 1.11. The summed E-state index contributed by atoms with van der Waals surface area (Å²) in [6.45, 7) is 6.61. The van der Waals surface area contributed by atoms with E-state index < -0.39 is 18.0 Å². The van der Waals surface area contributed by atoms with E-state index >= 15 is 0 Å². The Morgan fingerprint density at radius 3 is 1.47 bits per heavy atom. The molecule has 0 saturated heterocycles. The molecule has 0 atom stereocenters. The van der Waals surface area contributed by atoms with E-state index in [1.807, 2.05) is 0 Å². The topological polar surface area (TPSA) is 61.8 Å². The molecule has 0 unspecified atom stereocenters. The molecular weight excluding hydrogens is 418 g/mol. The lowest BCUT2D eigenvalue weighted by molar-refractivity contribution is -0.185. The van der Waals surface area contributed by atoms with Crippen molar-refractivity contribution in [2.45, 2.75) is 6.11 Å². The molecule has 7 heteroatoms. The maximum atomic E-state index is 14.6. The lowest BCUT2D eigenvalue weighted by Gasteiger charge is -2.18. The highest BCUT2D eigenvalue weighted by Crippen LogP contribution is 2.33. The zero-order valence-electron chi connectivity index (χ0n) is 16.8. The minimum Gasteiger partial charge on any atom is -0.429 e. The van der Waals surface area contributed by atoms with Crippen LogP contribution < -0.4 is 14.2 Å². The minimum atomic E-state index is -3.58. The molecule has 0 spiro atoms. The Balaban J connectivity index is 1.69. The number of ether oxygens (including phenoxy) is 3. The van der Waals surface area contributed by atoms with Crippen molar-refractivity contribution >= 4 is 11.9 Å². The Morgan fingerprint density at radius 2 is 1.03 bits per heavy atom. The van der Waals surface area contributed by atoms with Gasteiger partial charge in [0.2, 0.25) is 0 Å². The molecule has 0 bridgehead atoms. The molecule has 0 radical (unpaired) electrons. The lowest BCUT2D eigenvalue weighted by Crippen LogP contribution is -2.21. The van der Waals surface area contributed by atoms with Crippen molar-refractivity contribution in [1.82, 2.24) is 0 Å². The largest absolute Gasteiger partial charge is 0.429 e. The first-order chi connectivity index (χ1) is 15.3. The molecule has 0 amide bonds. The molecule has 3 aromatic carbocycles. The second kappa shape index (κ2) is 9.70. The second-order valence-corrected chi connectivity index (χ2v) is 6.44. The zero-order valence-corrected chi connectivity index (χ0v) is 16.8. The van der Waals surface area contributed by atoms with Gasteiger partial charge in [-0.1, -0.05) is 37.4 Å². The predicted molar refractivity (Wildman–Crippen MR) is 115 cm³/mol. The van der Waals surface area contributed by atoms with E-state index in [1.165, 1.54) is 48.5 Å². The van der Waals surface area contributed by atoms with Crippen LogP contribution in [-0.4, -0.2) is 11.9 Å². The van der Waals surface area contributed by atoms with Crippen LogP contribution in [0.25, 0.3) is 11.1 Å². The maximum absolute atomic E-state index is 14.6. The maximum Gasteiger partial charge on any atom is 0.426 e. The molecule has 0 N–H and O–H groups in total. The molecule has 0 heterocycles. The quantitative estimate of drug-likeness (QED) is 0.259.